The number of hydrogen-bond acceptors (Lipinski definition) is 4. The van der Waals surface area contributed by atoms with Crippen LogP contribution in [0.15, 0.2) is 78.2 Å². The second-order valence-corrected chi connectivity index (χ2v) is 6.69. The molecule has 2 aromatic carbocycles. The highest BCUT2D eigenvalue weighted by molar-refractivity contribution is 5.94. The molecule has 0 fully saturated rings. The lowest BCUT2D eigenvalue weighted by Gasteiger charge is -2.10. The quantitative estimate of drug-likeness (QED) is 0.460. The van der Waals surface area contributed by atoms with Crippen LogP contribution in [-0.4, -0.2) is 25.7 Å². The molecule has 2 heterocycles. The van der Waals surface area contributed by atoms with Gasteiger partial charge in [-0.3, -0.25) is 9.89 Å². The van der Waals surface area contributed by atoms with Crippen molar-refractivity contribution < 1.29 is 14.6 Å². The van der Waals surface area contributed by atoms with Gasteiger partial charge in [-0.25, -0.2) is 14.3 Å². The Kier molecular flexibility index (Phi) is 5.17. The number of fused-ring (bicyclic) bond motifs is 1. The van der Waals surface area contributed by atoms with Crippen molar-refractivity contribution in [2.75, 3.05) is 0 Å². The van der Waals surface area contributed by atoms with Gasteiger partial charge in [0.25, 0.3) is 5.56 Å². The van der Waals surface area contributed by atoms with Crippen LogP contribution in [0.1, 0.15) is 21.5 Å². The molecule has 4 aromatic rings. The molecule has 0 amide bonds. The summed E-state index contributed by atoms with van der Waals surface area (Å²) in [5.41, 5.74) is 2.25. The SMILES string of the molecule is C=CCc1c(-c2ccc(OCc3ccccc3)cc2)nc2c(C(=O)O)c[nH]n2c1=O. The average Bonchev–Trinajstić information content (AvgIpc) is 3.20. The number of carboxylic acid groups (broad SMARTS) is 1. The molecule has 0 unspecified atom stereocenters. The number of allylic oxidation sites excluding steroid dienone is 1. The zero-order valence-corrected chi connectivity index (χ0v) is 16.0. The van der Waals surface area contributed by atoms with E-state index in [-0.39, 0.29) is 16.8 Å². The van der Waals surface area contributed by atoms with Crippen molar-refractivity contribution >= 4 is 11.6 Å². The lowest BCUT2D eigenvalue weighted by molar-refractivity contribution is 0.0698. The van der Waals surface area contributed by atoms with Crippen molar-refractivity contribution in [3.8, 4) is 17.0 Å². The fourth-order valence-electron chi connectivity index (χ4n) is 3.22. The van der Waals surface area contributed by atoms with E-state index in [2.05, 4.69) is 16.7 Å². The summed E-state index contributed by atoms with van der Waals surface area (Å²) in [7, 11) is 0. The smallest absolute Gasteiger partial charge is 0.341 e. The van der Waals surface area contributed by atoms with Crippen LogP contribution in [-0.2, 0) is 13.0 Å². The molecular weight excluding hydrogens is 382 g/mol. The van der Waals surface area contributed by atoms with Gasteiger partial charge in [0, 0.05) is 17.3 Å². The fourth-order valence-corrected chi connectivity index (χ4v) is 3.22. The molecule has 2 N–H and O–H groups in total. The van der Waals surface area contributed by atoms with Crippen molar-refractivity contribution in [1.82, 2.24) is 14.6 Å². The third-order valence-electron chi connectivity index (χ3n) is 4.71. The van der Waals surface area contributed by atoms with Gasteiger partial charge in [0.05, 0.1) is 5.69 Å². The molecule has 2 aromatic heterocycles. The number of rotatable bonds is 7. The molecule has 4 rings (SSSR count). The third kappa shape index (κ3) is 3.60. The monoisotopic (exact) mass is 401 g/mol. The zero-order chi connectivity index (χ0) is 21.1. The van der Waals surface area contributed by atoms with Crippen LogP contribution in [0.3, 0.4) is 0 Å². The van der Waals surface area contributed by atoms with Crippen LogP contribution in [0.4, 0.5) is 0 Å². The topological polar surface area (TPSA) is 96.7 Å². The summed E-state index contributed by atoms with van der Waals surface area (Å²) in [4.78, 5) is 28.9. The van der Waals surface area contributed by atoms with E-state index in [0.29, 0.717) is 35.6 Å². The fraction of sp³-hybridized carbons (Fsp3) is 0.0870. The molecule has 0 saturated carbocycles. The Morgan fingerprint density at radius 1 is 1.17 bits per heavy atom. The molecule has 0 atom stereocenters. The maximum absolute atomic E-state index is 12.9. The number of carbonyl (C=O) groups is 1. The van der Waals surface area contributed by atoms with Crippen LogP contribution in [0.5, 0.6) is 5.75 Å². The minimum atomic E-state index is -1.16. The number of nitrogens with one attached hydrogen (secondary N) is 1. The number of aromatic amines is 1. The summed E-state index contributed by atoms with van der Waals surface area (Å²) in [5, 5.41) is 12.0. The molecule has 0 saturated heterocycles. The Bertz CT molecular complexity index is 1270. The first-order chi connectivity index (χ1) is 14.6. The highest BCUT2D eigenvalue weighted by Crippen LogP contribution is 2.25. The Hall–Kier alpha value is -4.13. The first kappa shape index (κ1) is 19.2. The average molecular weight is 401 g/mol. The van der Waals surface area contributed by atoms with Gasteiger partial charge in [0.2, 0.25) is 0 Å². The Morgan fingerprint density at radius 2 is 1.90 bits per heavy atom. The molecule has 0 aliphatic heterocycles. The van der Waals surface area contributed by atoms with Crippen molar-refractivity contribution in [3.05, 3.63) is 100 Å². The second-order valence-electron chi connectivity index (χ2n) is 6.69. The van der Waals surface area contributed by atoms with Gasteiger partial charge in [-0.05, 0) is 36.2 Å². The van der Waals surface area contributed by atoms with E-state index < -0.39 is 5.97 Å². The number of aromatic carboxylic acids is 1. The third-order valence-corrected chi connectivity index (χ3v) is 4.71. The van der Waals surface area contributed by atoms with Crippen LogP contribution < -0.4 is 10.3 Å². The minimum absolute atomic E-state index is 0.0682. The predicted molar refractivity (Wildman–Crippen MR) is 113 cm³/mol. The number of carboxylic acids is 1. The first-order valence-corrected chi connectivity index (χ1v) is 9.33. The number of benzene rings is 2. The summed E-state index contributed by atoms with van der Waals surface area (Å²) in [6.45, 7) is 4.16. The molecule has 150 valence electrons. The zero-order valence-electron chi connectivity index (χ0n) is 16.0. The van der Waals surface area contributed by atoms with Crippen LogP contribution >= 0.6 is 0 Å². The maximum atomic E-state index is 12.9. The van der Waals surface area contributed by atoms with Crippen LogP contribution in [0, 0.1) is 0 Å². The minimum Gasteiger partial charge on any atom is -0.489 e. The summed E-state index contributed by atoms with van der Waals surface area (Å²) in [6, 6.07) is 17.0. The van der Waals surface area contributed by atoms with Crippen molar-refractivity contribution in [2.45, 2.75) is 13.0 Å². The Labute approximate surface area is 171 Å². The summed E-state index contributed by atoms with van der Waals surface area (Å²) < 4.78 is 6.95. The number of aromatic nitrogens is 3. The molecule has 7 heteroatoms. The Morgan fingerprint density at radius 3 is 2.57 bits per heavy atom. The molecule has 0 bridgehead atoms. The van der Waals surface area contributed by atoms with Crippen molar-refractivity contribution in [1.29, 1.82) is 0 Å². The highest BCUT2D eigenvalue weighted by Gasteiger charge is 2.19. The van der Waals surface area contributed by atoms with Gasteiger partial charge < -0.3 is 9.84 Å². The van der Waals surface area contributed by atoms with E-state index in [9.17, 15) is 14.7 Å². The van der Waals surface area contributed by atoms with Crippen molar-refractivity contribution in [2.24, 2.45) is 0 Å². The summed E-state index contributed by atoms with van der Waals surface area (Å²) in [6.07, 6.45) is 3.18. The van der Waals surface area contributed by atoms with E-state index in [4.69, 9.17) is 4.74 Å². The summed E-state index contributed by atoms with van der Waals surface area (Å²) >= 11 is 0. The molecule has 0 aliphatic rings. The Balaban J connectivity index is 1.71. The molecule has 0 radical (unpaired) electrons. The summed E-state index contributed by atoms with van der Waals surface area (Å²) in [5.74, 6) is -0.480. The predicted octanol–water partition coefficient (Wildman–Crippen LogP) is 3.70. The van der Waals surface area contributed by atoms with Gasteiger partial charge in [-0.2, -0.15) is 0 Å². The molecule has 0 aliphatic carbocycles. The van der Waals surface area contributed by atoms with Gasteiger partial charge in [-0.15, -0.1) is 6.58 Å². The number of ether oxygens (including phenoxy) is 1. The van der Waals surface area contributed by atoms with Gasteiger partial charge in [0.15, 0.2) is 5.65 Å². The van der Waals surface area contributed by atoms with E-state index in [0.717, 1.165) is 10.1 Å². The lowest BCUT2D eigenvalue weighted by Crippen LogP contribution is -2.21. The van der Waals surface area contributed by atoms with Crippen LogP contribution in [0.25, 0.3) is 16.9 Å². The standard InChI is InChI=1S/C23H19N3O4/c1-2-6-18-20(25-21-19(23(28)29)13-24-26(21)22(18)27)16-9-11-17(12-10-16)30-14-15-7-4-3-5-8-15/h2-5,7-13,24H,1,6,14H2,(H,28,29). The van der Waals surface area contributed by atoms with E-state index in [1.54, 1.807) is 30.3 Å². The highest BCUT2D eigenvalue weighted by atomic mass is 16.5. The molecule has 0 spiro atoms. The van der Waals surface area contributed by atoms with Gasteiger partial charge in [0.1, 0.15) is 17.9 Å². The van der Waals surface area contributed by atoms with Gasteiger partial charge in [-0.1, -0.05) is 36.4 Å². The van der Waals surface area contributed by atoms with E-state index in [1.807, 2.05) is 30.3 Å². The number of H-pyrrole nitrogens is 1. The van der Waals surface area contributed by atoms with E-state index >= 15 is 0 Å². The second kappa shape index (κ2) is 8.08. The largest absolute Gasteiger partial charge is 0.489 e. The van der Waals surface area contributed by atoms with Crippen molar-refractivity contribution in [3.63, 3.8) is 0 Å². The number of nitrogens with zero attached hydrogens (tertiary/aromatic N) is 2. The first-order valence-electron chi connectivity index (χ1n) is 9.33. The molecular formula is C23H19N3O4. The number of hydrogen-bond donors (Lipinski definition) is 2. The van der Waals surface area contributed by atoms with Gasteiger partial charge >= 0.3 is 5.97 Å². The van der Waals surface area contributed by atoms with Crippen LogP contribution in [0.2, 0.25) is 0 Å². The molecule has 7 nitrogen and oxygen atoms in total. The van der Waals surface area contributed by atoms with E-state index in [1.165, 1.54) is 6.20 Å². The lowest BCUT2D eigenvalue weighted by atomic mass is 10.0. The maximum Gasteiger partial charge on any atom is 0.341 e. The molecule has 30 heavy (non-hydrogen) atoms. The normalized spacial score (nSPS) is 10.8.